The second-order valence-corrected chi connectivity index (χ2v) is 23.4. The molecule has 12 heteroatoms. The fourth-order valence-corrected chi connectivity index (χ4v) is 10.2. The van der Waals surface area contributed by atoms with Gasteiger partial charge < -0.3 is 39.0 Å². The smallest absolute Gasteiger partial charge is 0.335 e. The number of esters is 3. The highest BCUT2D eigenvalue weighted by Gasteiger charge is 2.50. The molecule has 0 saturated carbocycles. The minimum Gasteiger partial charge on any atom is -0.479 e. The number of carbonyl (C=O) groups is 4. The van der Waals surface area contributed by atoms with Gasteiger partial charge in [0.05, 0.1) is 6.61 Å². The fourth-order valence-electron chi connectivity index (χ4n) is 10.2. The molecule has 0 aromatic rings. The van der Waals surface area contributed by atoms with Gasteiger partial charge in [-0.1, -0.05) is 286 Å². The number of hydrogen-bond donors (Lipinski definition) is 3. The molecule has 0 aromatic carbocycles. The summed E-state index contributed by atoms with van der Waals surface area (Å²) in [6, 6.07) is 0. The second kappa shape index (κ2) is 60.2. The summed E-state index contributed by atoms with van der Waals surface area (Å²) in [6.45, 7) is 5.89. The topological polar surface area (TPSA) is 175 Å². The Kier molecular flexibility index (Phi) is 55.9. The van der Waals surface area contributed by atoms with E-state index in [1.54, 1.807) is 0 Å². The zero-order chi connectivity index (χ0) is 61.7. The third-order valence-electron chi connectivity index (χ3n) is 15.5. The Labute approximate surface area is 518 Å². The number of rotatable bonds is 59. The highest BCUT2D eigenvalue weighted by atomic mass is 16.7. The van der Waals surface area contributed by atoms with E-state index in [9.17, 15) is 34.5 Å². The average molecular weight is 1190 g/mol. The van der Waals surface area contributed by atoms with Crippen molar-refractivity contribution < 1.29 is 58.2 Å². The summed E-state index contributed by atoms with van der Waals surface area (Å²) in [5, 5.41) is 31.6. The van der Waals surface area contributed by atoms with Crippen LogP contribution in [-0.2, 0) is 42.9 Å². The van der Waals surface area contributed by atoms with Gasteiger partial charge in [-0.25, -0.2) is 4.79 Å². The number of allylic oxidation sites excluding steroid dienone is 14. The van der Waals surface area contributed by atoms with Crippen LogP contribution < -0.4 is 0 Å². The zero-order valence-corrected chi connectivity index (χ0v) is 54.1. The molecule has 0 aromatic heterocycles. The van der Waals surface area contributed by atoms with Crippen LogP contribution >= 0.6 is 0 Å². The van der Waals surface area contributed by atoms with Crippen LogP contribution in [0.1, 0.15) is 303 Å². The van der Waals surface area contributed by atoms with Gasteiger partial charge in [-0.2, -0.15) is 0 Å². The van der Waals surface area contributed by atoms with Gasteiger partial charge in [0.2, 0.25) is 0 Å². The molecule has 0 aliphatic carbocycles. The molecule has 1 rings (SSSR count). The number of unbranched alkanes of at least 4 members (excludes halogenated alkanes) is 31. The van der Waals surface area contributed by atoms with Gasteiger partial charge in [0, 0.05) is 19.3 Å². The van der Waals surface area contributed by atoms with Crippen molar-refractivity contribution in [1.29, 1.82) is 0 Å². The third-order valence-corrected chi connectivity index (χ3v) is 15.5. The summed E-state index contributed by atoms with van der Waals surface area (Å²) in [6.07, 6.45) is 66.9. The largest absolute Gasteiger partial charge is 0.479 e. The summed E-state index contributed by atoms with van der Waals surface area (Å²) in [4.78, 5) is 51.4. The van der Waals surface area contributed by atoms with E-state index >= 15 is 0 Å². The first-order valence-electron chi connectivity index (χ1n) is 34.6. The first kappa shape index (κ1) is 78.9. The molecule has 0 bridgehead atoms. The molecule has 3 N–H and O–H groups in total. The molecule has 0 spiro atoms. The average Bonchev–Trinajstić information content (AvgIpc) is 2.79. The van der Waals surface area contributed by atoms with Crippen LogP contribution in [-0.4, -0.2) is 89.2 Å². The highest BCUT2D eigenvalue weighted by molar-refractivity contribution is 5.74. The van der Waals surface area contributed by atoms with Crippen molar-refractivity contribution in [2.24, 2.45) is 0 Å². The molecule has 1 fully saturated rings. The van der Waals surface area contributed by atoms with Crippen LogP contribution in [0.25, 0.3) is 0 Å². The molecule has 6 unspecified atom stereocenters. The van der Waals surface area contributed by atoms with Crippen molar-refractivity contribution in [3.05, 3.63) is 85.1 Å². The number of hydrogen-bond acceptors (Lipinski definition) is 11. The van der Waals surface area contributed by atoms with E-state index in [-0.39, 0.29) is 25.9 Å². The number of aliphatic hydroxyl groups is 2. The van der Waals surface area contributed by atoms with Crippen molar-refractivity contribution in [3.8, 4) is 0 Å². The number of carbonyl (C=O) groups excluding carboxylic acids is 3. The number of ether oxygens (including phenoxy) is 5. The minimum absolute atomic E-state index is 0.0662. The summed E-state index contributed by atoms with van der Waals surface area (Å²) in [5.74, 6) is -3.22. The maximum Gasteiger partial charge on any atom is 0.335 e. The van der Waals surface area contributed by atoms with Crippen LogP contribution in [0.15, 0.2) is 85.1 Å². The number of carboxylic acid groups (broad SMARTS) is 1. The Morgan fingerprint density at radius 2 is 0.765 bits per heavy atom. The number of aliphatic carboxylic acids is 1. The molecular formula is C73H124O12. The number of aliphatic hydroxyl groups excluding tert-OH is 2. The standard InChI is InChI=1S/C73H124O12/c1-4-7-10-13-16-19-22-25-28-31-33-36-38-41-44-47-50-53-56-59-65(74)81-62-64(83-66(75)60-57-54-51-48-45-42-39-35-30-27-24-21-18-15-12-9-6-3)63-82-73-71(69(78)68(77)70(85-73)72(79)80)84-67(76)61-58-55-52-49-46-43-40-37-34-32-29-26-23-20-17-14-11-8-5-2/h8,11,17,20,26-27,29-30,34,37,43,46,52,55,64,68-71,73,77-78H,4-7,9-10,12-16,18-19,21-25,28,31-33,35-36,38-42,44-45,47-51,53-54,56-63H2,1-3H3,(H,79,80)/b11-8-,20-17-,29-26-,30-27-,37-34-,46-43-,55-52-. The summed E-state index contributed by atoms with van der Waals surface area (Å²) in [7, 11) is 0. The van der Waals surface area contributed by atoms with Gasteiger partial charge in [0.1, 0.15) is 18.8 Å². The minimum atomic E-state index is -1.93. The Bertz CT molecular complexity index is 1800. The summed E-state index contributed by atoms with van der Waals surface area (Å²) >= 11 is 0. The Balaban J connectivity index is 2.68. The molecule has 1 aliphatic heterocycles. The van der Waals surface area contributed by atoms with Crippen molar-refractivity contribution in [1.82, 2.24) is 0 Å². The van der Waals surface area contributed by atoms with Crippen molar-refractivity contribution in [3.63, 3.8) is 0 Å². The highest BCUT2D eigenvalue weighted by Crippen LogP contribution is 2.26. The maximum atomic E-state index is 13.2. The van der Waals surface area contributed by atoms with Crippen LogP contribution in [0, 0.1) is 0 Å². The van der Waals surface area contributed by atoms with E-state index in [0.29, 0.717) is 25.7 Å². The molecule has 0 radical (unpaired) electrons. The maximum absolute atomic E-state index is 13.2. The van der Waals surface area contributed by atoms with E-state index in [0.717, 1.165) is 83.5 Å². The second-order valence-electron chi connectivity index (χ2n) is 23.4. The zero-order valence-electron chi connectivity index (χ0n) is 54.1. The van der Waals surface area contributed by atoms with E-state index in [1.807, 2.05) is 18.2 Å². The lowest BCUT2D eigenvalue weighted by molar-refractivity contribution is -0.301. The van der Waals surface area contributed by atoms with Gasteiger partial charge in [-0.3, -0.25) is 14.4 Å². The number of carboxylic acids is 1. The third kappa shape index (κ3) is 49.6. The molecule has 85 heavy (non-hydrogen) atoms. The summed E-state index contributed by atoms with van der Waals surface area (Å²) in [5.41, 5.74) is 0. The fraction of sp³-hybridized carbons (Fsp3) is 0.753. The molecular weight excluding hydrogens is 1070 g/mol. The van der Waals surface area contributed by atoms with E-state index in [2.05, 4.69) is 87.6 Å². The SMILES string of the molecule is CC/C=C\C/C=C\C/C=C\C/C=C\C/C=C\C/C=C\CCC(=O)OC1C(OCC(COC(=O)CCCCCCCCCCCCCCCCCCCCC)OC(=O)CCCCCCCCC/C=C\CCCCCCCC)OC(C(=O)O)C(O)C1O. The predicted octanol–water partition coefficient (Wildman–Crippen LogP) is 19.0. The lowest BCUT2D eigenvalue weighted by Crippen LogP contribution is -2.61. The monoisotopic (exact) mass is 1190 g/mol. The normalized spacial score (nSPS) is 18.0. The summed E-state index contributed by atoms with van der Waals surface area (Å²) < 4.78 is 28.5. The predicted molar refractivity (Wildman–Crippen MR) is 349 cm³/mol. The first-order valence-corrected chi connectivity index (χ1v) is 34.6. The van der Waals surface area contributed by atoms with Gasteiger partial charge in [0.25, 0.3) is 0 Å². The van der Waals surface area contributed by atoms with Crippen LogP contribution in [0.3, 0.4) is 0 Å². The first-order chi connectivity index (χ1) is 41.6. The Hall–Kier alpha value is -4.10. The van der Waals surface area contributed by atoms with Crippen LogP contribution in [0.2, 0.25) is 0 Å². The van der Waals surface area contributed by atoms with E-state index in [4.69, 9.17) is 23.7 Å². The Morgan fingerprint density at radius 3 is 1.18 bits per heavy atom. The van der Waals surface area contributed by atoms with Crippen molar-refractivity contribution >= 4 is 23.9 Å². The van der Waals surface area contributed by atoms with Crippen LogP contribution in [0.5, 0.6) is 0 Å². The van der Waals surface area contributed by atoms with Crippen LogP contribution in [0.4, 0.5) is 0 Å². The Morgan fingerprint density at radius 1 is 0.400 bits per heavy atom. The molecule has 1 aliphatic rings. The van der Waals surface area contributed by atoms with Gasteiger partial charge in [0.15, 0.2) is 24.6 Å². The molecule has 1 heterocycles. The molecule has 12 nitrogen and oxygen atoms in total. The quantitative estimate of drug-likeness (QED) is 0.0228. The van der Waals surface area contributed by atoms with E-state index in [1.165, 1.54) is 154 Å². The molecule has 0 amide bonds. The molecule has 6 atom stereocenters. The molecule has 488 valence electrons. The molecule has 1 saturated heterocycles. The lowest BCUT2D eigenvalue weighted by Gasteiger charge is -2.40. The lowest BCUT2D eigenvalue weighted by atomic mass is 9.98. The van der Waals surface area contributed by atoms with Gasteiger partial charge >= 0.3 is 23.9 Å². The van der Waals surface area contributed by atoms with Crippen molar-refractivity contribution in [2.75, 3.05) is 13.2 Å². The van der Waals surface area contributed by atoms with Gasteiger partial charge in [-0.15, -0.1) is 0 Å². The van der Waals surface area contributed by atoms with Gasteiger partial charge in [-0.05, 0) is 83.5 Å². The van der Waals surface area contributed by atoms with E-state index < -0.39 is 67.3 Å². The van der Waals surface area contributed by atoms with Crippen molar-refractivity contribution in [2.45, 2.75) is 340 Å².